The lowest BCUT2D eigenvalue weighted by Crippen LogP contribution is -2.46. The van der Waals surface area contributed by atoms with Crippen molar-refractivity contribution in [1.29, 1.82) is 0 Å². The molecular formula is C12H21N5O2. The molecule has 0 aromatic carbocycles. The van der Waals surface area contributed by atoms with E-state index < -0.39 is 0 Å². The van der Waals surface area contributed by atoms with Crippen molar-refractivity contribution in [2.75, 3.05) is 6.61 Å². The molecule has 3 atom stereocenters. The number of carbonyl (C=O) groups is 1. The largest absolute Gasteiger partial charge is 0.376 e. The molecule has 1 aliphatic heterocycles. The van der Waals surface area contributed by atoms with Crippen molar-refractivity contribution in [3.8, 4) is 0 Å². The predicted molar refractivity (Wildman–Crippen MR) is 69.5 cm³/mol. The molecule has 2 rings (SSSR count). The van der Waals surface area contributed by atoms with Crippen molar-refractivity contribution in [1.82, 2.24) is 25.4 Å². The summed E-state index contributed by atoms with van der Waals surface area (Å²) < 4.78 is 7.33. The molecule has 1 aromatic rings. The highest BCUT2D eigenvalue weighted by Crippen LogP contribution is 2.15. The van der Waals surface area contributed by atoms with Crippen molar-refractivity contribution >= 4 is 6.03 Å². The third-order valence-electron chi connectivity index (χ3n) is 3.36. The molecule has 2 amide bonds. The van der Waals surface area contributed by atoms with Gasteiger partial charge in [-0.15, -0.1) is 10.2 Å². The second-order valence-electron chi connectivity index (χ2n) is 4.98. The van der Waals surface area contributed by atoms with Crippen LogP contribution in [0, 0.1) is 0 Å². The molecule has 2 heterocycles. The Hall–Kier alpha value is -1.63. The van der Waals surface area contributed by atoms with E-state index in [2.05, 4.69) is 20.8 Å². The van der Waals surface area contributed by atoms with Crippen molar-refractivity contribution in [3.63, 3.8) is 0 Å². The van der Waals surface area contributed by atoms with Gasteiger partial charge >= 0.3 is 6.03 Å². The highest BCUT2D eigenvalue weighted by atomic mass is 16.5. The number of hydrogen-bond acceptors (Lipinski definition) is 4. The van der Waals surface area contributed by atoms with E-state index in [1.165, 1.54) is 0 Å². The van der Waals surface area contributed by atoms with Crippen LogP contribution in [-0.2, 0) is 11.8 Å². The first-order valence-corrected chi connectivity index (χ1v) is 6.60. The fourth-order valence-electron chi connectivity index (χ4n) is 2.28. The lowest BCUT2D eigenvalue weighted by molar-refractivity contribution is 0.0858. The molecule has 1 aromatic heterocycles. The van der Waals surface area contributed by atoms with E-state index in [0.717, 1.165) is 25.3 Å². The van der Waals surface area contributed by atoms with Crippen LogP contribution in [0.4, 0.5) is 4.79 Å². The molecule has 1 fully saturated rings. The van der Waals surface area contributed by atoms with E-state index in [9.17, 15) is 4.79 Å². The minimum absolute atomic E-state index is 0.00852. The van der Waals surface area contributed by atoms with Crippen molar-refractivity contribution in [2.24, 2.45) is 7.05 Å². The normalized spacial score (nSPS) is 21.9. The molecule has 1 saturated heterocycles. The van der Waals surface area contributed by atoms with E-state index in [0.29, 0.717) is 0 Å². The maximum Gasteiger partial charge on any atom is 0.315 e. The Morgan fingerprint density at radius 1 is 1.53 bits per heavy atom. The molecule has 106 valence electrons. The van der Waals surface area contributed by atoms with Gasteiger partial charge in [-0.25, -0.2) is 4.79 Å². The predicted octanol–water partition coefficient (Wildman–Crippen LogP) is 0.743. The van der Waals surface area contributed by atoms with E-state index in [4.69, 9.17) is 4.74 Å². The van der Waals surface area contributed by atoms with Gasteiger partial charge in [0, 0.05) is 13.7 Å². The number of carbonyl (C=O) groups excluding carboxylic acids is 1. The quantitative estimate of drug-likeness (QED) is 0.843. The smallest absolute Gasteiger partial charge is 0.315 e. The number of urea groups is 1. The van der Waals surface area contributed by atoms with Crippen LogP contribution < -0.4 is 10.6 Å². The molecule has 0 aliphatic carbocycles. The Balaban J connectivity index is 1.82. The van der Waals surface area contributed by atoms with Gasteiger partial charge in [-0.05, 0) is 26.7 Å². The highest BCUT2D eigenvalue weighted by Gasteiger charge is 2.24. The second kappa shape index (κ2) is 6.01. The van der Waals surface area contributed by atoms with Gasteiger partial charge in [-0.3, -0.25) is 0 Å². The zero-order valence-corrected chi connectivity index (χ0v) is 11.6. The third kappa shape index (κ3) is 3.44. The standard InChI is InChI=1S/C12H21N5O2/c1-8(10-5-4-6-19-10)14-12(18)15-9(2)11-16-13-7-17(11)3/h7-10H,4-6H2,1-3H3,(H2,14,15,18)/t8-,9+,10+/m1/s1. The van der Waals surface area contributed by atoms with Crippen LogP contribution >= 0.6 is 0 Å². The summed E-state index contributed by atoms with van der Waals surface area (Å²) in [6.45, 7) is 4.62. The molecule has 7 nitrogen and oxygen atoms in total. The van der Waals surface area contributed by atoms with Crippen LogP contribution in [0.5, 0.6) is 0 Å². The maximum absolute atomic E-state index is 11.9. The molecule has 1 aliphatic rings. The number of nitrogens with one attached hydrogen (secondary N) is 2. The molecule has 19 heavy (non-hydrogen) atoms. The topological polar surface area (TPSA) is 81.1 Å². The molecule has 0 radical (unpaired) electrons. The molecule has 2 N–H and O–H groups in total. The molecule has 0 unspecified atom stereocenters. The van der Waals surface area contributed by atoms with Crippen molar-refractivity contribution in [2.45, 2.75) is 44.9 Å². The summed E-state index contributed by atoms with van der Waals surface area (Å²) in [5.41, 5.74) is 0. The highest BCUT2D eigenvalue weighted by molar-refractivity contribution is 5.74. The van der Waals surface area contributed by atoms with E-state index in [-0.39, 0.29) is 24.2 Å². The summed E-state index contributed by atoms with van der Waals surface area (Å²) in [4.78, 5) is 11.9. The monoisotopic (exact) mass is 267 g/mol. The van der Waals surface area contributed by atoms with Crippen LogP contribution in [0.1, 0.15) is 38.6 Å². The van der Waals surface area contributed by atoms with Crippen molar-refractivity contribution < 1.29 is 9.53 Å². The Morgan fingerprint density at radius 2 is 2.32 bits per heavy atom. The number of aryl methyl sites for hydroxylation is 1. The van der Waals surface area contributed by atoms with Gasteiger partial charge in [0.05, 0.1) is 18.2 Å². The zero-order chi connectivity index (χ0) is 13.8. The molecule has 0 spiro atoms. The number of hydrogen-bond donors (Lipinski definition) is 2. The summed E-state index contributed by atoms with van der Waals surface area (Å²) >= 11 is 0. The van der Waals surface area contributed by atoms with Gasteiger partial charge in [0.25, 0.3) is 0 Å². The summed E-state index contributed by atoms with van der Waals surface area (Å²) in [7, 11) is 1.85. The van der Waals surface area contributed by atoms with Gasteiger partial charge < -0.3 is 19.9 Å². The Bertz CT molecular complexity index is 428. The van der Waals surface area contributed by atoms with Gasteiger partial charge in [0.1, 0.15) is 6.33 Å². The number of aromatic nitrogens is 3. The van der Waals surface area contributed by atoms with Gasteiger partial charge in [0.15, 0.2) is 5.82 Å². The van der Waals surface area contributed by atoms with Gasteiger partial charge in [-0.2, -0.15) is 0 Å². The summed E-state index contributed by atoms with van der Waals surface area (Å²) in [6.07, 6.45) is 3.80. The maximum atomic E-state index is 11.9. The Kier molecular flexibility index (Phi) is 4.36. The summed E-state index contributed by atoms with van der Waals surface area (Å²) in [6, 6.07) is -0.392. The van der Waals surface area contributed by atoms with Crippen LogP contribution in [0.25, 0.3) is 0 Å². The van der Waals surface area contributed by atoms with E-state index in [1.54, 1.807) is 10.9 Å². The van der Waals surface area contributed by atoms with Crippen LogP contribution in [0.2, 0.25) is 0 Å². The minimum atomic E-state index is -0.210. The number of ether oxygens (including phenoxy) is 1. The van der Waals surface area contributed by atoms with Gasteiger partial charge in [0.2, 0.25) is 0 Å². The van der Waals surface area contributed by atoms with E-state index >= 15 is 0 Å². The molecule has 7 heteroatoms. The first-order chi connectivity index (χ1) is 9.08. The summed E-state index contributed by atoms with van der Waals surface area (Å²) in [5.74, 6) is 0.722. The average molecular weight is 267 g/mol. The summed E-state index contributed by atoms with van der Waals surface area (Å²) in [5, 5.41) is 13.5. The van der Waals surface area contributed by atoms with Gasteiger partial charge in [-0.1, -0.05) is 0 Å². The SMILES string of the molecule is C[C@H](NC(=O)N[C@H](C)[C@@H]1CCCO1)c1nncn1C. The second-order valence-corrected chi connectivity index (χ2v) is 4.98. The molecular weight excluding hydrogens is 246 g/mol. The Labute approximate surface area is 112 Å². The average Bonchev–Trinajstić information content (AvgIpc) is 2.98. The fourth-order valence-corrected chi connectivity index (χ4v) is 2.28. The first kappa shape index (κ1) is 13.8. The van der Waals surface area contributed by atoms with Crippen molar-refractivity contribution in [3.05, 3.63) is 12.2 Å². The molecule has 0 saturated carbocycles. The Morgan fingerprint density at radius 3 is 2.89 bits per heavy atom. The lowest BCUT2D eigenvalue weighted by atomic mass is 10.1. The lowest BCUT2D eigenvalue weighted by Gasteiger charge is -2.21. The van der Waals surface area contributed by atoms with Crippen LogP contribution in [0.15, 0.2) is 6.33 Å². The minimum Gasteiger partial charge on any atom is -0.376 e. The number of amides is 2. The van der Waals surface area contributed by atoms with Crippen LogP contribution in [0.3, 0.4) is 0 Å². The number of nitrogens with zero attached hydrogens (tertiary/aromatic N) is 3. The van der Waals surface area contributed by atoms with Crippen LogP contribution in [-0.4, -0.2) is 39.5 Å². The fraction of sp³-hybridized carbons (Fsp3) is 0.750. The zero-order valence-electron chi connectivity index (χ0n) is 11.6. The molecule has 0 bridgehead atoms. The first-order valence-electron chi connectivity index (χ1n) is 6.60. The third-order valence-corrected chi connectivity index (χ3v) is 3.36. The van der Waals surface area contributed by atoms with E-state index in [1.807, 2.05) is 20.9 Å². The number of rotatable bonds is 4.